The highest BCUT2D eigenvalue weighted by Gasteiger charge is 2.48. The van der Waals surface area contributed by atoms with Crippen molar-refractivity contribution in [3.63, 3.8) is 0 Å². The fraction of sp³-hybridized carbons (Fsp3) is 0.538. The number of nitrogens with one attached hydrogen (secondary N) is 1. The Balaban J connectivity index is 1.91. The van der Waals surface area contributed by atoms with Crippen LogP contribution in [0.15, 0.2) is 63.2 Å². The first-order valence-corrected chi connectivity index (χ1v) is 17.2. The summed E-state index contributed by atoms with van der Waals surface area (Å²) in [5.74, 6) is 0.414. The van der Waals surface area contributed by atoms with E-state index in [1.165, 1.54) is 11.8 Å². The number of anilines is 1. The van der Waals surface area contributed by atoms with Crippen molar-refractivity contribution < 1.29 is 34.7 Å². The second-order valence-corrected chi connectivity index (χ2v) is 14.2. The lowest BCUT2D eigenvalue weighted by Gasteiger charge is -2.39. The smallest absolute Gasteiger partial charge is 0.380 e. The zero-order chi connectivity index (χ0) is 30.3. The Morgan fingerprint density at radius 1 is 1.12 bits per heavy atom. The van der Waals surface area contributed by atoms with Gasteiger partial charge in [-0.1, -0.05) is 32.0 Å². The predicted molar refractivity (Wildman–Crippen MR) is 154 cm³/mol. The number of ether oxygens (including phenoxy) is 1. The maximum Gasteiger partial charge on any atom is 0.501 e. The molecule has 0 radical (unpaired) electrons. The number of nitrogens with two attached hydrogens (primary N) is 1. The molecule has 0 unspecified atom stereocenters. The maximum atomic E-state index is 13.6. The number of halogens is 3. The van der Waals surface area contributed by atoms with Crippen LogP contribution < -0.4 is 10.5 Å². The Labute approximate surface area is 244 Å². The van der Waals surface area contributed by atoms with Crippen LogP contribution in [0.2, 0.25) is 0 Å². The number of nitrogens with zero attached hydrogens (tertiary/aromatic N) is 2. The largest absolute Gasteiger partial charge is 0.501 e. The molecule has 0 spiro atoms. The van der Waals surface area contributed by atoms with Crippen LogP contribution in [0.4, 0.5) is 18.9 Å². The Bertz CT molecular complexity index is 1340. The second kappa shape index (κ2) is 14.5. The summed E-state index contributed by atoms with van der Waals surface area (Å²) in [6, 6.07) is 11.6. The first-order chi connectivity index (χ1) is 19.3. The zero-order valence-electron chi connectivity index (χ0n) is 23.0. The molecule has 230 valence electrons. The van der Waals surface area contributed by atoms with E-state index in [0.717, 1.165) is 36.7 Å². The number of rotatable bonds is 14. The molecule has 2 atom stereocenters. The number of hydrogen-bond acceptors (Lipinski definition) is 9. The summed E-state index contributed by atoms with van der Waals surface area (Å²) in [6.45, 7) is 9.20. The van der Waals surface area contributed by atoms with Gasteiger partial charge in [0.05, 0.1) is 23.8 Å². The third-order valence-corrected chi connectivity index (χ3v) is 10.5. The van der Waals surface area contributed by atoms with Gasteiger partial charge in [-0.25, -0.2) is 22.0 Å². The minimum atomic E-state index is -5.89. The molecule has 2 aromatic rings. The van der Waals surface area contributed by atoms with Gasteiger partial charge in [0.2, 0.25) is 10.0 Å². The van der Waals surface area contributed by atoms with E-state index in [9.17, 15) is 30.0 Å². The molecule has 9 nitrogen and oxygen atoms in total. The van der Waals surface area contributed by atoms with Gasteiger partial charge in [-0.3, -0.25) is 4.90 Å². The van der Waals surface area contributed by atoms with Crippen molar-refractivity contribution in [2.75, 3.05) is 57.0 Å². The van der Waals surface area contributed by atoms with Crippen LogP contribution in [0.5, 0.6) is 0 Å². The van der Waals surface area contributed by atoms with E-state index in [-0.39, 0.29) is 11.7 Å². The number of morpholine rings is 1. The quantitative estimate of drug-likeness (QED) is 0.299. The molecule has 0 amide bonds. The molecule has 0 bridgehead atoms. The van der Waals surface area contributed by atoms with Gasteiger partial charge in [0.15, 0.2) is 0 Å². The number of sulfone groups is 1. The van der Waals surface area contributed by atoms with E-state index in [1.807, 2.05) is 30.3 Å². The highest BCUT2D eigenvalue weighted by atomic mass is 32.2. The Morgan fingerprint density at radius 3 is 2.41 bits per heavy atom. The molecule has 1 saturated heterocycles. The molecule has 1 aliphatic rings. The highest BCUT2D eigenvalue weighted by molar-refractivity contribution is 7.99. The van der Waals surface area contributed by atoms with Crippen LogP contribution in [0.1, 0.15) is 20.3 Å². The van der Waals surface area contributed by atoms with Crippen molar-refractivity contribution in [3.05, 3.63) is 48.5 Å². The summed E-state index contributed by atoms with van der Waals surface area (Å²) in [7, 11) is -10.3. The normalized spacial score (nSPS) is 18.0. The molecule has 2 aromatic carbocycles. The number of thioether (sulfide) groups is 1. The van der Waals surface area contributed by atoms with Crippen LogP contribution in [-0.2, 0) is 24.6 Å². The maximum absolute atomic E-state index is 13.6. The van der Waals surface area contributed by atoms with E-state index in [1.54, 1.807) is 0 Å². The van der Waals surface area contributed by atoms with E-state index < -0.39 is 41.2 Å². The van der Waals surface area contributed by atoms with Crippen molar-refractivity contribution in [1.29, 1.82) is 0 Å². The third kappa shape index (κ3) is 9.30. The van der Waals surface area contributed by atoms with Gasteiger partial charge in [-0.15, -0.1) is 11.8 Å². The average Bonchev–Trinajstić information content (AvgIpc) is 2.93. The molecule has 3 rings (SSSR count). The lowest BCUT2D eigenvalue weighted by molar-refractivity contribution is -0.0435. The lowest BCUT2D eigenvalue weighted by atomic mass is 10.1. The molecule has 3 N–H and O–H groups in total. The minimum absolute atomic E-state index is 0.140. The minimum Gasteiger partial charge on any atom is -0.380 e. The second-order valence-electron chi connectivity index (χ2n) is 9.66. The fourth-order valence-electron chi connectivity index (χ4n) is 4.53. The molecule has 15 heteroatoms. The van der Waals surface area contributed by atoms with Gasteiger partial charge in [0, 0.05) is 42.4 Å². The summed E-state index contributed by atoms with van der Waals surface area (Å²) in [5, 5.41) is 8.08. The predicted octanol–water partition coefficient (Wildman–Crippen LogP) is 3.63. The molecule has 0 aromatic heterocycles. The average molecular weight is 639 g/mol. The summed E-state index contributed by atoms with van der Waals surface area (Å²) < 4.78 is 95.2. The molecule has 1 fully saturated rings. The van der Waals surface area contributed by atoms with Gasteiger partial charge >= 0.3 is 5.51 Å². The molecular weight excluding hydrogens is 602 g/mol. The zero-order valence-corrected chi connectivity index (χ0v) is 25.5. The summed E-state index contributed by atoms with van der Waals surface area (Å²) in [5.41, 5.74) is -5.98. The highest BCUT2D eigenvalue weighted by Crippen LogP contribution is 2.36. The lowest BCUT2D eigenvalue weighted by Crippen LogP contribution is -2.52. The summed E-state index contributed by atoms with van der Waals surface area (Å²) in [4.78, 5) is 3.62. The first-order valence-electron chi connectivity index (χ1n) is 13.2. The Hall–Kier alpha value is -1.88. The van der Waals surface area contributed by atoms with Crippen LogP contribution in [0, 0.1) is 0 Å². The fourth-order valence-corrected chi connectivity index (χ4v) is 7.09. The standard InChI is InChI=1S/C26H37F3N4O5S3/c1-3-32(4-2)17-21-18-38-15-14-33(21)13-12-20(19-39-22-8-6-5-7-9-22)31-24-11-10-23(41(30,36)37)16-25(24)40(34,35)26(27,28)29/h5-11,16,20-21,31H,3-4,12-15,17-19H2,1-2H3,(H2,30,36,37)/t20-,21-/m1/s1. The topological polar surface area (TPSA) is 122 Å². The van der Waals surface area contributed by atoms with Crippen molar-refractivity contribution in [2.45, 2.75) is 52.5 Å². The number of benzene rings is 2. The molecule has 1 heterocycles. The van der Waals surface area contributed by atoms with Crippen molar-refractivity contribution in [3.8, 4) is 0 Å². The third-order valence-electron chi connectivity index (χ3n) is 6.91. The molecule has 41 heavy (non-hydrogen) atoms. The van der Waals surface area contributed by atoms with Crippen molar-refractivity contribution in [2.24, 2.45) is 5.14 Å². The van der Waals surface area contributed by atoms with Crippen LogP contribution in [0.25, 0.3) is 0 Å². The molecular formula is C26H37F3N4O5S3. The Kier molecular flexibility index (Phi) is 11.9. The van der Waals surface area contributed by atoms with Gasteiger partial charge in [0.25, 0.3) is 9.84 Å². The number of likely N-dealkylation sites (N-methyl/N-ethyl adjacent to an activating group) is 1. The van der Waals surface area contributed by atoms with Crippen LogP contribution >= 0.6 is 11.8 Å². The monoisotopic (exact) mass is 638 g/mol. The van der Waals surface area contributed by atoms with Gasteiger partial charge in [0.1, 0.15) is 4.90 Å². The van der Waals surface area contributed by atoms with Crippen molar-refractivity contribution >= 4 is 37.3 Å². The van der Waals surface area contributed by atoms with E-state index in [2.05, 4.69) is 29.0 Å². The molecule has 0 aliphatic carbocycles. The number of sulfonamides is 1. The van der Waals surface area contributed by atoms with Gasteiger partial charge in [-0.2, -0.15) is 13.2 Å². The summed E-state index contributed by atoms with van der Waals surface area (Å²) in [6.07, 6.45) is 0.483. The number of alkyl halides is 3. The van der Waals surface area contributed by atoms with Crippen LogP contribution in [-0.4, -0.2) is 95.9 Å². The molecule has 0 saturated carbocycles. The SMILES string of the molecule is CCN(CC)C[C@@H]1COCCN1CC[C@H](CSc1ccccc1)Nc1ccc(S(N)(=O)=O)cc1S(=O)(=O)C(F)(F)F. The van der Waals surface area contributed by atoms with E-state index in [0.29, 0.717) is 44.5 Å². The van der Waals surface area contributed by atoms with E-state index >= 15 is 0 Å². The number of primary sulfonamides is 1. The summed E-state index contributed by atoms with van der Waals surface area (Å²) >= 11 is 1.48. The van der Waals surface area contributed by atoms with Crippen LogP contribution in [0.3, 0.4) is 0 Å². The Morgan fingerprint density at radius 2 is 1.80 bits per heavy atom. The number of hydrogen-bond donors (Lipinski definition) is 2. The molecule has 1 aliphatic heterocycles. The first kappa shape index (κ1) is 33.6. The van der Waals surface area contributed by atoms with Gasteiger partial charge in [-0.05, 0) is 49.8 Å². The van der Waals surface area contributed by atoms with Gasteiger partial charge < -0.3 is 15.0 Å². The van der Waals surface area contributed by atoms with Crippen molar-refractivity contribution in [1.82, 2.24) is 9.80 Å². The van der Waals surface area contributed by atoms with E-state index in [4.69, 9.17) is 9.88 Å².